The molecule has 2 aliphatic heterocycles. The van der Waals surface area contributed by atoms with Crippen LogP contribution in [0.1, 0.15) is 46.0 Å². The Morgan fingerprint density at radius 2 is 2.37 bits per heavy atom. The molecule has 4 nitrogen and oxygen atoms in total. The molecule has 4 heteroatoms. The normalized spacial score (nSPS) is 33.4. The van der Waals surface area contributed by atoms with Crippen LogP contribution in [-0.4, -0.2) is 48.2 Å². The van der Waals surface area contributed by atoms with E-state index in [9.17, 15) is 9.90 Å². The van der Waals surface area contributed by atoms with Crippen LogP contribution < -0.4 is 5.32 Å². The van der Waals surface area contributed by atoms with Crippen LogP contribution in [0.3, 0.4) is 0 Å². The van der Waals surface area contributed by atoms with Gasteiger partial charge in [-0.3, -0.25) is 4.79 Å². The molecule has 0 aromatic rings. The van der Waals surface area contributed by atoms with Gasteiger partial charge in [0.25, 0.3) is 0 Å². The summed E-state index contributed by atoms with van der Waals surface area (Å²) in [4.78, 5) is 14.9. The van der Waals surface area contributed by atoms with Gasteiger partial charge in [0.1, 0.15) is 0 Å². The van der Waals surface area contributed by atoms with Crippen LogP contribution in [0.15, 0.2) is 0 Å². The first-order chi connectivity index (χ1) is 9.09. The number of hydrogen-bond donors (Lipinski definition) is 2. The van der Waals surface area contributed by atoms with Gasteiger partial charge >= 0.3 is 0 Å². The van der Waals surface area contributed by atoms with E-state index in [1.807, 2.05) is 11.8 Å². The highest BCUT2D eigenvalue weighted by Crippen LogP contribution is 2.35. The molecule has 0 bridgehead atoms. The summed E-state index contributed by atoms with van der Waals surface area (Å²) in [6, 6.07) is 0. The maximum Gasteiger partial charge on any atom is 0.230 e. The lowest BCUT2D eigenvalue weighted by atomic mass is 9.75. The van der Waals surface area contributed by atoms with Gasteiger partial charge in [-0.25, -0.2) is 0 Å². The first-order valence-corrected chi connectivity index (χ1v) is 7.77. The second kappa shape index (κ2) is 6.23. The van der Waals surface area contributed by atoms with Gasteiger partial charge in [0.15, 0.2) is 0 Å². The highest BCUT2D eigenvalue weighted by Gasteiger charge is 2.43. The van der Waals surface area contributed by atoms with Crippen molar-refractivity contribution in [3.05, 3.63) is 0 Å². The number of amides is 1. The lowest BCUT2D eigenvalue weighted by molar-refractivity contribution is -0.143. The number of carbonyl (C=O) groups excluding carboxylic acids is 1. The topological polar surface area (TPSA) is 52.6 Å². The molecule has 2 N–H and O–H groups in total. The minimum absolute atomic E-state index is 0.180. The molecule has 3 unspecified atom stereocenters. The number of likely N-dealkylation sites (tertiary alicyclic amines) is 1. The summed E-state index contributed by atoms with van der Waals surface area (Å²) < 4.78 is 0. The van der Waals surface area contributed by atoms with E-state index in [0.717, 1.165) is 58.3 Å². The fourth-order valence-corrected chi connectivity index (χ4v) is 3.65. The zero-order valence-corrected chi connectivity index (χ0v) is 12.3. The van der Waals surface area contributed by atoms with Crippen LogP contribution in [0.5, 0.6) is 0 Å². The Labute approximate surface area is 116 Å². The predicted octanol–water partition coefficient (Wildman–Crippen LogP) is 1.39. The molecule has 0 radical (unpaired) electrons. The molecule has 2 rings (SSSR count). The Morgan fingerprint density at radius 1 is 1.58 bits per heavy atom. The summed E-state index contributed by atoms with van der Waals surface area (Å²) in [7, 11) is 0. The molecule has 19 heavy (non-hydrogen) atoms. The third-order valence-corrected chi connectivity index (χ3v) is 4.85. The summed E-state index contributed by atoms with van der Waals surface area (Å²) >= 11 is 0. The number of nitrogens with zero attached hydrogens (tertiary/aromatic N) is 1. The Kier molecular flexibility index (Phi) is 4.85. The Morgan fingerprint density at radius 3 is 2.89 bits per heavy atom. The molecular formula is C15H28N2O2. The van der Waals surface area contributed by atoms with Crippen molar-refractivity contribution < 1.29 is 9.90 Å². The highest BCUT2D eigenvalue weighted by atomic mass is 16.3. The summed E-state index contributed by atoms with van der Waals surface area (Å²) in [5.41, 5.74) is -0.180. The maximum atomic E-state index is 12.9. The van der Waals surface area contributed by atoms with Crippen molar-refractivity contribution in [2.75, 3.05) is 26.2 Å². The minimum atomic E-state index is -0.301. The van der Waals surface area contributed by atoms with E-state index >= 15 is 0 Å². The first-order valence-electron chi connectivity index (χ1n) is 7.77. The summed E-state index contributed by atoms with van der Waals surface area (Å²) in [6.45, 7) is 7.42. The van der Waals surface area contributed by atoms with E-state index in [2.05, 4.69) is 12.2 Å². The van der Waals surface area contributed by atoms with E-state index in [0.29, 0.717) is 5.91 Å². The van der Waals surface area contributed by atoms with Crippen molar-refractivity contribution in [2.45, 2.75) is 52.1 Å². The smallest absolute Gasteiger partial charge is 0.230 e. The molecule has 3 atom stereocenters. The fraction of sp³-hybridized carbons (Fsp3) is 0.933. The number of nitrogens with one attached hydrogen (secondary N) is 1. The number of rotatable bonds is 4. The van der Waals surface area contributed by atoms with Crippen LogP contribution in [0, 0.1) is 11.3 Å². The molecule has 0 aromatic heterocycles. The summed E-state index contributed by atoms with van der Waals surface area (Å²) in [5.74, 6) is 0.587. The largest absolute Gasteiger partial charge is 0.393 e. The SMILES string of the molecule is CCCC1(C(=O)N2CCC(C(C)O)C2)CCCNC1. The quantitative estimate of drug-likeness (QED) is 0.810. The Bertz CT molecular complexity index is 306. The van der Waals surface area contributed by atoms with E-state index in [4.69, 9.17) is 0 Å². The number of aliphatic hydroxyl groups is 1. The maximum absolute atomic E-state index is 12.9. The third kappa shape index (κ3) is 3.11. The Balaban J connectivity index is 2.04. The molecule has 2 aliphatic rings. The lowest BCUT2D eigenvalue weighted by Crippen LogP contribution is -2.51. The van der Waals surface area contributed by atoms with Crippen LogP contribution in [0.2, 0.25) is 0 Å². The van der Waals surface area contributed by atoms with Gasteiger partial charge in [0, 0.05) is 25.6 Å². The number of hydrogen-bond acceptors (Lipinski definition) is 3. The van der Waals surface area contributed by atoms with E-state index in [1.165, 1.54) is 0 Å². The van der Waals surface area contributed by atoms with Gasteiger partial charge in [-0.15, -0.1) is 0 Å². The van der Waals surface area contributed by atoms with Gasteiger partial charge in [-0.1, -0.05) is 13.3 Å². The average molecular weight is 268 g/mol. The minimum Gasteiger partial charge on any atom is -0.393 e. The van der Waals surface area contributed by atoms with Crippen LogP contribution in [0.4, 0.5) is 0 Å². The van der Waals surface area contributed by atoms with Crippen LogP contribution in [-0.2, 0) is 4.79 Å². The molecule has 0 aliphatic carbocycles. The van der Waals surface area contributed by atoms with Gasteiger partial charge in [-0.2, -0.15) is 0 Å². The molecule has 0 aromatic carbocycles. The Hall–Kier alpha value is -0.610. The number of carbonyl (C=O) groups is 1. The molecule has 2 heterocycles. The summed E-state index contributed by atoms with van der Waals surface area (Å²) in [6.07, 6.45) is 4.79. The highest BCUT2D eigenvalue weighted by molar-refractivity contribution is 5.83. The molecular weight excluding hydrogens is 240 g/mol. The molecule has 110 valence electrons. The molecule has 1 amide bonds. The zero-order valence-electron chi connectivity index (χ0n) is 12.3. The number of piperidine rings is 1. The molecule has 0 saturated carbocycles. The van der Waals surface area contributed by atoms with Crippen LogP contribution in [0.25, 0.3) is 0 Å². The van der Waals surface area contributed by atoms with Crippen molar-refractivity contribution in [3.63, 3.8) is 0 Å². The van der Waals surface area contributed by atoms with Crippen LogP contribution >= 0.6 is 0 Å². The predicted molar refractivity (Wildman–Crippen MR) is 75.8 cm³/mol. The van der Waals surface area contributed by atoms with Crippen molar-refractivity contribution in [2.24, 2.45) is 11.3 Å². The summed E-state index contributed by atoms with van der Waals surface area (Å²) in [5, 5.41) is 13.1. The zero-order chi connectivity index (χ0) is 13.9. The fourth-order valence-electron chi connectivity index (χ4n) is 3.65. The van der Waals surface area contributed by atoms with E-state index in [1.54, 1.807) is 0 Å². The second-order valence-corrected chi connectivity index (χ2v) is 6.35. The van der Waals surface area contributed by atoms with Crippen molar-refractivity contribution in [1.82, 2.24) is 10.2 Å². The van der Waals surface area contributed by atoms with Gasteiger partial charge in [0.05, 0.1) is 11.5 Å². The first kappa shape index (κ1) is 14.8. The third-order valence-electron chi connectivity index (χ3n) is 4.85. The molecule has 2 fully saturated rings. The second-order valence-electron chi connectivity index (χ2n) is 6.35. The van der Waals surface area contributed by atoms with E-state index < -0.39 is 0 Å². The standard InChI is InChI=1S/C15H28N2O2/c1-3-6-15(7-4-8-16-11-15)14(19)17-9-5-13(10-17)12(2)18/h12-13,16,18H,3-11H2,1-2H3. The lowest BCUT2D eigenvalue weighted by Gasteiger charge is -2.39. The van der Waals surface area contributed by atoms with Crippen molar-refractivity contribution >= 4 is 5.91 Å². The monoisotopic (exact) mass is 268 g/mol. The van der Waals surface area contributed by atoms with Crippen molar-refractivity contribution in [3.8, 4) is 0 Å². The average Bonchev–Trinajstić information content (AvgIpc) is 2.89. The number of aliphatic hydroxyl groups excluding tert-OH is 1. The van der Waals surface area contributed by atoms with Gasteiger partial charge in [0.2, 0.25) is 5.91 Å². The molecule has 2 saturated heterocycles. The van der Waals surface area contributed by atoms with E-state index in [-0.39, 0.29) is 17.4 Å². The van der Waals surface area contributed by atoms with Gasteiger partial charge in [-0.05, 0) is 39.2 Å². The molecule has 0 spiro atoms. The van der Waals surface area contributed by atoms with Crippen molar-refractivity contribution in [1.29, 1.82) is 0 Å². The van der Waals surface area contributed by atoms with Gasteiger partial charge < -0.3 is 15.3 Å².